The van der Waals surface area contributed by atoms with Gasteiger partial charge in [0.25, 0.3) is 5.91 Å². The van der Waals surface area contributed by atoms with Crippen LogP contribution in [0.15, 0.2) is 18.2 Å². The normalized spacial score (nSPS) is 14.2. The molecule has 1 fully saturated rings. The number of benzene rings is 1. The zero-order valence-corrected chi connectivity index (χ0v) is 11.7. The van der Waals surface area contributed by atoms with E-state index in [0.717, 1.165) is 13.1 Å². The number of nitrogens with one attached hydrogen (secondary N) is 2. The predicted octanol–water partition coefficient (Wildman–Crippen LogP) is 1.62. The van der Waals surface area contributed by atoms with Gasteiger partial charge in [-0.15, -0.1) is 12.4 Å². The van der Waals surface area contributed by atoms with Crippen molar-refractivity contribution in [2.24, 2.45) is 5.92 Å². The highest BCUT2D eigenvalue weighted by molar-refractivity contribution is 6.30. The molecule has 2 rings (SSSR count). The van der Waals surface area contributed by atoms with Gasteiger partial charge in [-0.1, -0.05) is 11.6 Å². The van der Waals surface area contributed by atoms with Crippen LogP contribution in [-0.4, -0.2) is 32.1 Å². The van der Waals surface area contributed by atoms with Gasteiger partial charge >= 0.3 is 0 Å². The highest BCUT2D eigenvalue weighted by atomic mass is 35.5. The van der Waals surface area contributed by atoms with Gasteiger partial charge in [0.2, 0.25) is 0 Å². The summed E-state index contributed by atoms with van der Waals surface area (Å²) in [7, 11) is 0. The van der Waals surface area contributed by atoms with Crippen molar-refractivity contribution in [3.05, 3.63) is 29.0 Å². The first kappa shape index (κ1) is 16.0. The minimum Gasteiger partial charge on any atom is -0.484 e. The van der Waals surface area contributed by atoms with Gasteiger partial charge in [0.1, 0.15) is 11.6 Å². The molecule has 1 saturated heterocycles. The molecular formula is C12H15Cl2FN2O2. The Kier molecular flexibility index (Phi) is 6.34. The van der Waals surface area contributed by atoms with Crippen LogP contribution in [0.3, 0.4) is 0 Å². The zero-order valence-electron chi connectivity index (χ0n) is 10.1. The second-order valence-corrected chi connectivity index (χ2v) is 4.60. The van der Waals surface area contributed by atoms with Crippen molar-refractivity contribution in [2.45, 2.75) is 0 Å². The highest BCUT2D eigenvalue weighted by Crippen LogP contribution is 2.20. The first-order chi connectivity index (χ1) is 8.65. The topological polar surface area (TPSA) is 50.4 Å². The van der Waals surface area contributed by atoms with Gasteiger partial charge in [-0.2, -0.15) is 0 Å². The summed E-state index contributed by atoms with van der Waals surface area (Å²) in [4.78, 5) is 11.4. The Bertz CT molecular complexity index is 442. The first-order valence-electron chi connectivity index (χ1n) is 5.70. The Morgan fingerprint density at radius 2 is 2.26 bits per heavy atom. The number of carbonyl (C=O) groups excluding carboxylic acids is 1. The molecule has 1 aromatic carbocycles. The van der Waals surface area contributed by atoms with E-state index >= 15 is 0 Å². The van der Waals surface area contributed by atoms with Crippen molar-refractivity contribution in [3.63, 3.8) is 0 Å². The smallest absolute Gasteiger partial charge is 0.257 e. The molecule has 2 N–H and O–H groups in total. The summed E-state index contributed by atoms with van der Waals surface area (Å²) in [5, 5.41) is 5.87. The lowest BCUT2D eigenvalue weighted by Gasteiger charge is -2.27. The van der Waals surface area contributed by atoms with Gasteiger partial charge in [0.05, 0.1) is 5.02 Å². The molecule has 1 aliphatic rings. The van der Waals surface area contributed by atoms with Crippen LogP contribution >= 0.6 is 24.0 Å². The zero-order chi connectivity index (χ0) is 13.0. The van der Waals surface area contributed by atoms with Crippen molar-refractivity contribution >= 4 is 29.9 Å². The number of halogens is 3. The quantitative estimate of drug-likeness (QED) is 0.869. The maximum absolute atomic E-state index is 12.9. The third kappa shape index (κ3) is 4.86. The molecule has 1 amide bonds. The maximum atomic E-state index is 12.9. The SMILES string of the molecule is Cl.O=C(COc1ccc(F)c(Cl)c1)NCC1CNC1. The number of hydrogen-bond donors (Lipinski definition) is 2. The molecule has 0 radical (unpaired) electrons. The molecule has 0 atom stereocenters. The fraction of sp³-hybridized carbons (Fsp3) is 0.417. The Labute approximate surface area is 122 Å². The molecule has 0 aromatic heterocycles. The molecule has 0 spiro atoms. The Hall–Kier alpha value is -1.04. The molecule has 7 heteroatoms. The number of rotatable bonds is 5. The summed E-state index contributed by atoms with van der Waals surface area (Å²) in [5.74, 6) is 0.185. The number of hydrogen-bond acceptors (Lipinski definition) is 3. The lowest BCUT2D eigenvalue weighted by Crippen LogP contribution is -2.48. The molecule has 0 saturated carbocycles. The molecule has 0 bridgehead atoms. The van der Waals surface area contributed by atoms with Crippen LogP contribution in [0, 0.1) is 11.7 Å². The van der Waals surface area contributed by atoms with E-state index in [0.29, 0.717) is 18.2 Å². The summed E-state index contributed by atoms with van der Waals surface area (Å²) in [6.45, 7) is 2.44. The molecule has 19 heavy (non-hydrogen) atoms. The molecule has 106 valence electrons. The Balaban J connectivity index is 0.00000180. The fourth-order valence-electron chi connectivity index (χ4n) is 1.52. The molecule has 1 aliphatic heterocycles. The van der Waals surface area contributed by atoms with Gasteiger partial charge in [0, 0.05) is 31.6 Å². The predicted molar refractivity (Wildman–Crippen MR) is 73.5 cm³/mol. The fourth-order valence-corrected chi connectivity index (χ4v) is 1.69. The van der Waals surface area contributed by atoms with Crippen molar-refractivity contribution in [1.82, 2.24) is 10.6 Å². The van der Waals surface area contributed by atoms with Crippen LogP contribution in [0.5, 0.6) is 5.75 Å². The van der Waals surface area contributed by atoms with Gasteiger partial charge < -0.3 is 15.4 Å². The minimum atomic E-state index is -0.508. The average Bonchev–Trinajstić information content (AvgIpc) is 2.29. The van der Waals surface area contributed by atoms with Crippen LogP contribution in [0.25, 0.3) is 0 Å². The summed E-state index contributed by atoms with van der Waals surface area (Å²) >= 11 is 5.60. The molecule has 1 heterocycles. The Morgan fingerprint density at radius 1 is 1.53 bits per heavy atom. The van der Waals surface area contributed by atoms with E-state index in [4.69, 9.17) is 16.3 Å². The maximum Gasteiger partial charge on any atom is 0.257 e. The minimum absolute atomic E-state index is 0. The number of ether oxygens (including phenoxy) is 1. The lowest BCUT2D eigenvalue weighted by atomic mass is 10.0. The molecule has 4 nitrogen and oxygen atoms in total. The summed E-state index contributed by atoms with van der Waals surface area (Å²) in [6, 6.07) is 3.99. The van der Waals surface area contributed by atoms with Crippen LogP contribution in [0.2, 0.25) is 5.02 Å². The van der Waals surface area contributed by atoms with Crippen molar-refractivity contribution in [2.75, 3.05) is 26.2 Å². The van der Waals surface area contributed by atoms with Gasteiger partial charge in [-0.3, -0.25) is 4.79 Å². The average molecular weight is 309 g/mol. The lowest BCUT2D eigenvalue weighted by molar-refractivity contribution is -0.123. The third-order valence-electron chi connectivity index (χ3n) is 2.71. The first-order valence-corrected chi connectivity index (χ1v) is 6.08. The van der Waals surface area contributed by atoms with Crippen molar-refractivity contribution in [1.29, 1.82) is 0 Å². The molecular weight excluding hydrogens is 294 g/mol. The van der Waals surface area contributed by atoms with Gasteiger partial charge in [-0.05, 0) is 12.1 Å². The molecule has 0 aliphatic carbocycles. The van der Waals surface area contributed by atoms with Crippen LogP contribution in [0.4, 0.5) is 4.39 Å². The van der Waals surface area contributed by atoms with E-state index in [-0.39, 0.29) is 29.9 Å². The largest absolute Gasteiger partial charge is 0.484 e. The molecule has 0 unspecified atom stereocenters. The van der Waals surface area contributed by atoms with Crippen molar-refractivity contribution < 1.29 is 13.9 Å². The second-order valence-electron chi connectivity index (χ2n) is 4.19. The number of amides is 1. The van der Waals surface area contributed by atoms with E-state index in [1.54, 1.807) is 0 Å². The van der Waals surface area contributed by atoms with E-state index < -0.39 is 5.82 Å². The van der Waals surface area contributed by atoms with E-state index in [9.17, 15) is 9.18 Å². The van der Waals surface area contributed by atoms with Gasteiger partial charge in [0.15, 0.2) is 6.61 Å². The summed E-state index contributed by atoms with van der Waals surface area (Å²) in [6.07, 6.45) is 0. The van der Waals surface area contributed by atoms with Crippen LogP contribution in [0.1, 0.15) is 0 Å². The second kappa shape index (κ2) is 7.53. The van der Waals surface area contributed by atoms with E-state index in [1.165, 1.54) is 18.2 Å². The van der Waals surface area contributed by atoms with E-state index in [2.05, 4.69) is 10.6 Å². The number of carbonyl (C=O) groups is 1. The third-order valence-corrected chi connectivity index (χ3v) is 3.00. The monoisotopic (exact) mass is 308 g/mol. The van der Waals surface area contributed by atoms with Gasteiger partial charge in [-0.25, -0.2) is 4.39 Å². The highest BCUT2D eigenvalue weighted by Gasteiger charge is 2.17. The van der Waals surface area contributed by atoms with Crippen LogP contribution < -0.4 is 15.4 Å². The molecule has 1 aromatic rings. The standard InChI is InChI=1S/C12H14ClFN2O2.ClH/c13-10-3-9(1-2-11(10)14)18-7-12(17)16-6-8-4-15-5-8;/h1-3,8,15H,4-7H2,(H,16,17);1H. The summed E-state index contributed by atoms with van der Waals surface area (Å²) in [5.41, 5.74) is 0. The van der Waals surface area contributed by atoms with Crippen LogP contribution in [-0.2, 0) is 4.79 Å². The Morgan fingerprint density at radius 3 is 2.84 bits per heavy atom. The van der Waals surface area contributed by atoms with Crippen molar-refractivity contribution in [3.8, 4) is 5.75 Å². The summed E-state index contributed by atoms with van der Waals surface area (Å²) < 4.78 is 18.1. The van der Waals surface area contributed by atoms with E-state index in [1.807, 2.05) is 0 Å².